The molecule has 21 heavy (non-hydrogen) atoms. The van der Waals surface area contributed by atoms with Gasteiger partial charge in [0.15, 0.2) is 5.82 Å². The molecule has 6 nitrogen and oxygen atoms in total. The lowest BCUT2D eigenvalue weighted by Crippen LogP contribution is -2.23. The largest absolute Gasteiger partial charge is 0.367 e. The van der Waals surface area contributed by atoms with E-state index in [1.54, 1.807) is 0 Å². The summed E-state index contributed by atoms with van der Waals surface area (Å²) in [5.74, 6) is 3.77. The average Bonchev–Trinajstić information content (AvgIpc) is 2.84. The Morgan fingerprint density at radius 1 is 1.00 bits per heavy atom. The predicted octanol–water partition coefficient (Wildman–Crippen LogP) is 3.57. The van der Waals surface area contributed by atoms with Crippen LogP contribution in [0.3, 0.4) is 0 Å². The van der Waals surface area contributed by atoms with Gasteiger partial charge in [-0.3, -0.25) is 0 Å². The van der Waals surface area contributed by atoms with Crippen LogP contribution in [0.1, 0.15) is 43.7 Å². The van der Waals surface area contributed by atoms with Crippen molar-refractivity contribution in [1.29, 1.82) is 0 Å². The molecule has 2 heterocycles. The van der Waals surface area contributed by atoms with Crippen molar-refractivity contribution in [3.05, 3.63) is 23.7 Å². The first-order valence-corrected chi connectivity index (χ1v) is 7.51. The van der Waals surface area contributed by atoms with Crippen LogP contribution in [0.25, 0.3) is 0 Å². The fourth-order valence-corrected chi connectivity index (χ4v) is 2.72. The minimum atomic E-state index is 0.523. The maximum absolute atomic E-state index is 5.05. The summed E-state index contributed by atoms with van der Waals surface area (Å²) in [5.41, 5.74) is 0. The zero-order valence-electron chi connectivity index (χ0n) is 12.5. The summed E-state index contributed by atoms with van der Waals surface area (Å²) in [5, 5.41) is 10.6. The van der Waals surface area contributed by atoms with Crippen molar-refractivity contribution in [2.75, 3.05) is 10.6 Å². The number of anilines is 3. The van der Waals surface area contributed by atoms with E-state index in [-0.39, 0.29) is 0 Å². The quantitative estimate of drug-likeness (QED) is 0.895. The standard InChI is InChI=1S/C15H21N5O/c1-10-8-15(20-21-10)19-14-9-13(16-11(2)17-14)18-12-6-4-3-5-7-12/h8-9,12H,3-7H2,1-2H3,(H2,16,17,18,19,20). The van der Waals surface area contributed by atoms with Crippen LogP contribution >= 0.6 is 0 Å². The molecule has 0 atom stereocenters. The molecule has 0 unspecified atom stereocenters. The molecule has 0 amide bonds. The molecule has 2 aromatic heterocycles. The van der Waals surface area contributed by atoms with Crippen LogP contribution in [0.15, 0.2) is 16.7 Å². The molecule has 0 aliphatic heterocycles. The predicted molar refractivity (Wildman–Crippen MR) is 81.8 cm³/mol. The Hall–Kier alpha value is -2.11. The molecule has 1 saturated carbocycles. The molecule has 0 spiro atoms. The number of rotatable bonds is 4. The van der Waals surface area contributed by atoms with Gasteiger partial charge in [-0.15, -0.1) is 0 Å². The van der Waals surface area contributed by atoms with Crippen LogP contribution in [0, 0.1) is 13.8 Å². The van der Waals surface area contributed by atoms with E-state index in [1.807, 2.05) is 26.0 Å². The molecular weight excluding hydrogens is 266 g/mol. The van der Waals surface area contributed by atoms with E-state index in [9.17, 15) is 0 Å². The number of aryl methyl sites for hydroxylation is 2. The lowest BCUT2D eigenvalue weighted by Gasteiger charge is -2.23. The number of nitrogens with zero attached hydrogens (tertiary/aromatic N) is 3. The van der Waals surface area contributed by atoms with Crippen LogP contribution < -0.4 is 10.6 Å². The van der Waals surface area contributed by atoms with Crippen molar-refractivity contribution in [1.82, 2.24) is 15.1 Å². The number of aromatic nitrogens is 3. The fraction of sp³-hybridized carbons (Fsp3) is 0.533. The zero-order valence-corrected chi connectivity index (χ0v) is 12.5. The van der Waals surface area contributed by atoms with E-state index in [0.29, 0.717) is 11.9 Å². The molecule has 0 saturated heterocycles. The number of nitrogens with one attached hydrogen (secondary N) is 2. The van der Waals surface area contributed by atoms with Gasteiger partial charge in [0.25, 0.3) is 0 Å². The average molecular weight is 287 g/mol. The number of hydrogen-bond acceptors (Lipinski definition) is 6. The molecule has 0 aromatic carbocycles. The van der Waals surface area contributed by atoms with Crippen molar-refractivity contribution in [3.63, 3.8) is 0 Å². The van der Waals surface area contributed by atoms with Gasteiger partial charge in [0.2, 0.25) is 0 Å². The summed E-state index contributed by atoms with van der Waals surface area (Å²) in [7, 11) is 0. The van der Waals surface area contributed by atoms with E-state index < -0.39 is 0 Å². The first-order valence-electron chi connectivity index (χ1n) is 7.51. The molecule has 0 radical (unpaired) electrons. The van der Waals surface area contributed by atoms with Gasteiger partial charge in [-0.2, -0.15) is 0 Å². The van der Waals surface area contributed by atoms with Gasteiger partial charge in [-0.05, 0) is 26.7 Å². The van der Waals surface area contributed by atoms with E-state index in [4.69, 9.17) is 4.52 Å². The number of hydrogen-bond donors (Lipinski definition) is 2. The molecule has 1 aliphatic rings. The Morgan fingerprint density at radius 3 is 2.48 bits per heavy atom. The molecule has 0 bridgehead atoms. The monoisotopic (exact) mass is 287 g/mol. The molecular formula is C15H21N5O. The van der Waals surface area contributed by atoms with E-state index >= 15 is 0 Å². The fourth-order valence-electron chi connectivity index (χ4n) is 2.72. The van der Waals surface area contributed by atoms with Crippen LogP contribution in [-0.2, 0) is 0 Å². The third kappa shape index (κ3) is 3.71. The lowest BCUT2D eigenvalue weighted by atomic mass is 9.95. The third-order valence-electron chi connectivity index (χ3n) is 3.68. The second kappa shape index (κ2) is 6.11. The van der Waals surface area contributed by atoms with Gasteiger partial charge >= 0.3 is 0 Å². The van der Waals surface area contributed by atoms with Gasteiger partial charge in [0.1, 0.15) is 23.2 Å². The molecule has 1 aliphatic carbocycles. The second-order valence-corrected chi connectivity index (χ2v) is 5.61. The molecule has 3 rings (SSSR count). The third-order valence-corrected chi connectivity index (χ3v) is 3.68. The molecule has 2 aromatic rings. The summed E-state index contributed by atoms with van der Waals surface area (Å²) in [6.07, 6.45) is 6.37. The smallest absolute Gasteiger partial charge is 0.175 e. The Balaban J connectivity index is 1.72. The Morgan fingerprint density at radius 2 is 1.76 bits per heavy atom. The Labute approximate surface area is 124 Å². The summed E-state index contributed by atoms with van der Waals surface area (Å²) >= 11 is 0. The Kier molecular flexibility index (Phi) is 4.03. The van der Waals surface area contributed by atoms with Gasteiger partial charge < -0.3 is 15.2 Å². The highest BCUT2D eigenvalue weighted by Gasteiger charge is 2.14. The SMILES string of the molecule is Cc1nc(Nc2cc(C)on2)cc(NC2CCCCC2)n1. The minimum absolute atomic E-state index is 0.523. The maximum atomic E-state index is 5.05. The zero-order chi connectivity index (χ0) is 14.7. The van der Waals surface area contributed by atoms with Gasteiger partial charge in [0, 0.05) is 18.2 Å². The topological polar surface area (TPSA) is 75.9 Å². The van der Waals surface area contributed by atoms with E-state index in [0.717, 1.165) is 23.2 Å². The lowest BCUT2D eigenvalue weighted by molar-refractivity contribution is 0.400. The van der Waals surface area contributed by atoms with Crippen molar-refractivity contribution in [3.8, 4) is 0 Å². The highest BCUT2D eigenvalue weighted by Crippen LogP contribution is 2.22. The van der Waals surface area contributed by atoms with Crippen molar-refractivity contribution >= 4 is 17.5 Å². The van der Waals surface area contributed by atoms with Crippen LogP contribution in [0.4, 0.5) is 17.5 Å². The van der Waals surface area contributed by atoms with E-state index in [1.165, 1.54) is 32.1 Å². The van der Waals surface area contributed by atoms with Crippen LogP contribution in [0.2, 0.25) is 0 Å². The van der Waals surface area contributed by atoms with Gasteiger partial charge in [0.05, 0.1) is 0 Å². The first kappa shape index (κ1) is 13.9. The van der Waals surface area contributed by atoms with Crippen molar-refractivity contribution in [2.24, 2.45) is 0 Å². The first-order chi connectivity index (χ1) is 10.2. The van der Waals surface area contributed by atoms with Gasteiger partial charge in [-0.25, -0.2) is 9.97 Å². The summed E-state index contributed by atoms with van der Waals surface area (Å²) in [6, 6.07) is 4.28. The van der Waals surface area contributed by atoms with Crippen molar-refractivity contribution < 1.29 is 4.52 Å². The summed E-state index contributed by atoms with van der Waals surface area (Å²) < 4.78 is 5.05. The highest BCUT2D eigenvalue weighted by molar-refractivity contribution is 5.56. The van der Waals surface area contributed by atoms with Gasteiger partial charge in [-0.1, -0.05) is 24.4 Å². The second-order valence-electron chi connectivity index (χ2n) is 5.61. The summed E-state index contributed by atoms with van der Waals surface area (Å²) in [6.45, 7) is 3.75. The molecule has 2 N–H and O–H groups in total. The van der Waals surface area contributed by atoms with Crippen LogP contribution in [-0.4, -0.2) is 21.2 Å². The normalized spacial score (nSPS) is 15.9. The molecule has 1 fully saturated rings. The van der Waals surface area contributed by atoms with Crippen LogP contribution in [0.5, 0.6) is 0 Å². The molecule has 6 heteroatoms. The maximum Gasteiger partial charge on any atom is 0.175 e. The van der Waals surface area contributed by atoms with E-state index in [2.05, 4.69) is 25.8 Å². The Bertz CT molecular complexity index is 604. The molecule has 112 valence electrons. The minimum Gasteiger partial charge on any atom is -0.367 e. The highest BCUT2D eigenvalue weighted by atomic mass is 16.5. The summed E-state index contributed by atoms with van der Waals surface area (Å²) in [4.78, 5) is 8.86. The van der Waals surface area contributed by atoms with Crippen molar-refractivity contribution in [2.45, 2.75) is 52.0 Å².